The standard InChI is InChI=1S/C23H19NO/c1-2-15-24-22-14-11-17-7-3-5-9-20(17)21(22)13-12-19-16-18-8-4-6-10-23(18)25-19/h2-14,16,24H,1,15H2/b13-12+. The predicted molar refractivity (Wildman–Crippen MR) is 108 cm³/mol. The number of rotatable bonds is 5. The first-order valence-corrected chi connectivity index (χ1v) is 8.38. The number of anilines is 1. The summed E-state index contributed by atoms with van der Waals surface area (Å²) in [5, 5.41) is 6.96. The first kappa shape index (κ1) is 15.3. The summed E-state index contributed by atoms with van der Waals surface area (Å²) in [4.78, 5) is 0. The van der Waals surface area contributed by atoms with Crippen molar-refractivity contribution in [2.45, 2.75) is 0 Å². The van der Waals surface area contributed by atoms with Crippen LogP contribution in [0.4, 0.5) is 5.69 Å². The van der Waals surface area contributed by atoms with Crippen LogP contribution in [0.5, 0.6) is 0 Å². The summed E-state index contributed by atoms with van der Waals surface area (Å²) in [7, 11) is 0. The van der Waals surface area contributed by atoms with Gasteiger partial charge in [-0.15, -0.1) is 6.58 Å². The largest absolute Gasteiger partial charge is 0.457 e. The summed E-state index contributed by atoms with van der Waals surface area (Å²) in [5.41, 5.74) is 3.15. The van der Waals surface area contributed by atoms with E-state index in [-0.39, 0.29) is 0 Å². The van der Waals surface area contributed by atoms with Crippen molar-refractivity contribution in [3.8, 4) is 0 Å². The van der Waals surface area contributed by atoms with E-state index in [9.17, 15) is 0 Å². The van der Waals surface area contributed by atoms with Crippen LogP contribution in [-0.2, 0) is 0 Å². The van der Waals surface area contributed by atoms with Crippen molar-refractivity contribution in [2.75, 3.05) is 11.9 Å². The van der Waals surface area contributed by atoms with Crippen LogP contribution in [0.25, 0.3) is 33.9 Å². The van der Waals surface area contributed by atoms with Crippen molar-refractivity contribution in [1.29, 1.82) is 0 Å². The molecule has 0 saturated carbocycles. The Labute approximate surface area is 147 Å². The Hall–Kier alpha value is -3.26. The zero-order chi connectivity index (χ0) is 17.1. The SMILES string of the molecule is C=CCNc1ccc2ccccc2c1/C=C/c1cc2ccccc2o1. The van der Waals surface area contributed by atoms with Crippen LogP contribution in [0.1, 0.15) is 11.3 Å². The van der Waals surface area contributed by atoms with Crippen LogP contribution >= 0.6 is 0 Å². The highest BCUT2D eigenvalue weighted by molar-refractivity contribution is 5.98. The highest BCUT2D eigenvalue weighted by Gasteiger charge is 2.05. The van der Waals surface area contributed by atoms with E-state index in [0.717, 1.165) is 34.5 Å². The van der Waals surface area contributed by atoms with Crippen molar-refractivity contribution in [1.82, 2.24) is 0 Å². The second-order valence-corrected chi connectivity index (χ2v) is 5.94. The summed E-state index contributed by atoms with van der Waals surface area (Å²) < 4.78 is 5.90. The summed E-state index contributed by atoms with van der Waals surface area (Å²) in [5.74, 6) is 0.851. The normalized spacial score (nSPS) is 11.4. The molecule has 0 aliphatic rings. The number of fused-ring (bicyclic) bond motifs is 2. The van der Waals surface area contributed by atoms with Gasteiger partial charge in [0.25, 0.3) is 0 Å². The average molecular weight is 325 g/mol. The Bertz CT molecular complexity index is 1040. The Morgan fingerprint density at radius 2 is 1.68 bits per heavy atom. The minimum atomic E-state index is 0.726. The smallest absolute Gasteiger partial charge is 0.134 e. The third kappa shape index (κ3) is 3.07. The van der Waals surface area contributed by atoms with Gasteiger partial charge in [0, 0.05) is 23.2 Å². The summed E-state index contributed by atoms with van der Waals surface area (Å²) in [6.45, 7) is 4.52. The molecule has 0 fully saturated rings. The van der Waals surface area contributed by atoms with E-state index in [4.69, 9.17) is 4.42 Å². The van der Waals surface area contributed by atoms with Crippen LogP contribution < -0.4 is 5.32 Å². The van der Waals surface area contributed by atoms with Gasteiger partial charge in [0.05, 0.1) is 0 Å². The molecule has 0 unspecified atom stereocenters. The molecule has 4 rings (SSSR count). The third-order valence-electron chi connectivity index (χ3n) is 4.27. The highest BCUT2D eigenvalue weighted by atomic mass is 16.3. The van der Waals surface area contributed by atoms with Crippen molar-refractivity contribution in [3.63, 3.8) is 0 Å². The van der Waals surface area contributed by atoms with E-state index < -0.39 is 0 Å². The average Bonchev–Trinajstić information content (AvgIpc) is 3.07. The van der Waals surface area contributed by atoms with Gasteiger partial charge in [-0.1, -0.05) is 54.6 Å². The molecule has 4 aromatic rings. The fraction of sp³-hybridized carbons (Fsp3) is 0.0435. The summed E-state index contributed by atoms with van der Waals surface area (Å²) in [6.07, 6.45) is 6.01. The van der Waals surface area contributed by atoms with Gasteiger partial charge in [-0.05, 0) is 41.1 Å². The molecule has 0 saturated heterocycles. The van der Waals surface area contributed by atoms with E-state index in [2.05, 4.69) is 66.5 Å². The molecule has 2 heteroatoms. The maximum Gasteiger partial charge on any atom is 0.134 e. The lowest BCUT2D eigenvalue weighted by Crippen LogP contribution is -2.00. The van der Waals surface area contributed by atoms with Gasteiger partial charge in [0.2, 0.25) is 0 Å². The van der Waals surface area contributed by atoms with Crippen molar-refractivity contribution in [3.05, 3.63) is 90.7 Å². The molecule has 25 heavy (non-hydrogen) atoms. The minimum Gasteiger partial charge on any atom is -0.457 e. The van der Waals surface area contributed by atoms with E-state index in [1.54, 1.807) is 0 Å². The third-order valence-corrected chi connectivity index (χ3v) is 4.27. The fourth-order valence-corrected chi connectivity index (χ4v) is 3.06. The maximum absolute atomic E-state index is 5.90. The molecule has 0 amide bonds. The fourth-order valence-electron chi connectivity index (χ4n) is 3.06. The molecule has 0 spiro atoms. The Morgan fingerprint density at radius 3 is 2.52 bits per heavy atom. The van der Waals surface area contributed by atoms with Gasteiger partial charge >= 0.3 is 0 Å². The molecule has 3 aromatic carbocycles. The van der Waals surface area contributed by atoms with E-state index in [1.807, 2.05) is 30.4 Å². The molecule has 0 aliphatic carbocycles. The monoisotopic (exact) mass is 325 g/mol. The quantitative estimate of drug-likeness (QED) is 0.432. The van der Waals surface area contributed by atoms with Crippen LogP contribution in [0.15, 0.2) is 83.8 Å². The molecule has 0 bridgehead atoms. The Morgan fingerprint density at radius 1 is 0.880 bits per heavy atom. The van der Waals surface area contributed by atoms with Crippen molar-refractivity contribution in [2.24, 2.45) is 0 Å². The number of hydrogen-bond donors (Lipinski definition) is 1. The summed E-state index contributed by atoms with van der Waals surface area (Å²) >= 11 is 0. The molecule has 2 nitrogen and oxygen atoms in total. The van der Waals surface area contributed by atoms with E-state index >= 15 is 0 Å². The van der Waals surface area contributed by atoms with Crippen LogP contribution in [0.3, 0.4) is 0 Å². The Balaban J connectivity index is 1.79. The lowest BCUT2D eigenvalue weighted by molar-refractivity contribution is 0.604. The zero-order valence-electron chi connectivity index (χ0n) is 13.9. The lowest BCUT2D eigenvalue weighted by atomic mass is 10.0. The zero-order valence-corrected chi connectivity index (χ0v) is 13.9. The van der Waals surface area contributed by atoms with Crippen LogP contribution in [0, 0.1) is 0 Å². The molecule has 1 N–H and O–H groups in total. The minimum absolute atomic E-state index is 0.726. The van der Waals surface area contributed by atoms with Gasteiger partial charge in [-0.3, -0.25) is 0 Å². The van der Waals surface area contributed by atoms with Gasteiger partial charge < -0.3 is 9.73 Å². The molecule has 1 aromatic heterocycles. The van der Waals surface area contributed by atoms with E-state index in [0.29, 0.717) is 0 Å². The molecular formula is C23H19NO. The van der Waals surface area contributed by atoms with Gasteiger partial charge in [0.15, 0.2) is 0 Å². The number of benzene rings is 3. The van der Waals surface area contributed by atoms with E-state index in [1.165, 1.54) is 10.8 Å². The predicted octanol–water partition coefficient (Wildman–Crippen LogP) is 6.35. The number of hydrogen-bond acceptors (Lipinski definition) is 2. The number of nitrogens with one attached hydrogen (secondary N) is 1. The van der Waals surface area contributed by atoms with Gasteiger partial charge in [0.1, 0.15) is 11.3 Å². The van der Waals surface area contributed by atoms with Crippen molar-refractivity contribution < 1.29 is 4.42 Å². The van der Waals surface area contributed by atoms with Crippen LogP contribution in [0.2, 0.25) is 0 Å². The second-order valence-electron chi connectivity index (χ2n) is 5.94. The highest BCUT2D eigenvalue weighted by Crippen LogP contribution is 2.29. The molecular weight excluding hydrogens is 306 g/mol. The molecule has 122 valence electrons. The first-order chi connectivity index (χ1) is 12.3. The first-order valence-electron chi connectivity index (χ1n) is 8.38. The maximum atomic E-state index is 5.90. The van der Waals surface area contributed by atoms with Gasteiger partial charge in [-0.25, -0.2) is 0 Å². The molecule has 0 aliphatic heterocycles. The van der Waals surface area contributed by atoms with Gasteiger partial charge in [-0.2, -0.15) is 0 Å². The van der Waals surface area contributed by atoms with Crippen LogP contribution in [-0.4, -0.2) is 6.54 Å². The second kappa shape index (κ2) is 6.70. The molecule has 0 atom stereocenters. The molecule has 0 radical (unpaired) electrons. The summed E-state index contributed by atoms with van der Waals surface area (Å²) in [6, 6.07) is 22.8. The Kier molecular flexibility index (Phi) is 4.09. The number of para-hydroxylation sites is 1. The molecule has 1 heterocycles. The van der Waals surface area contributed by atoms with Crippen molar-refractivity contribution >= 4 is 39.6 Å². The number of furan rings is 1. The lowest BCUT2D eigenvalue weighted by Gasteiger charge is -2.11. The topological polar surface area (TPSA) is 25.2 Å².